The zero-order chi connectivity index (χ0) is 13.7. The minimum atomic E-state index is -0.0140. The molecule has 1 saturated heterocycles. The summed E-state index contributed by atoms with van der Waals surface area (Å²) in [6.45, 7) is 4.68. The number of aromatic nitrogens is 1. The number of aromatic amines is 1. The third-order valence-corrected chi connectivity index (χ3v) is 4.69. The van der Waals surface area contributed by atoms with Gasteiger partial charge in [-0.15, -0.1) is 0 Å². The Morgan fingerprint density at radius 1 is 1.35 bits per heavy atom. The van der Waals surface area contributed by atoms with Crippen molar-refractivity contribution < 1.29 is 4.79 Å². The van der Waals surface area contributed by atoms with Gasteiger partial charge in [0.2, 0.25) is 0 Å². The van der Waals surface area contributed by atoms with Gasteiger partial charge in [-0.05, 0) is 25.0 Å². The minimum absolute atomic E-state index is 0.0140. The first-order valence-corrected chi connectivity index (χ1v) is 7.29. The van der Waals surface area contributed by atoms with Crippen molar-refractivity contribution in [1.29, 1.82) is 0 Å². The van der Waals surface area contributed by atoms with Crippen LogP contribution in [0.3, 0.4) is 0 Å². The lowest BCUT2D eigenvalue weighted by Gasteiger charge is -2.30. The molecule has 2 unspecified atom stereocenters. The second-order valence-corrected chi connectivity index (χ2v) is 5.78. The second kappa shape index (κ2) is 4.32. The SMILES string of the molecule is C/C=C1\CN2CCc3c([nH]c4ccccc34)C(C2)C1=O. The summed E-state index contributed by atoms with van der Waals surface area (Å²) >= 11 is 0. The van der Waals surface area contributed by atoms with Crippen LogP contribution in [0.2, 0.25) is 0 Å². The zero-order valence-corrected chi connectivity index (χ0v) is 11.6. The molecule has 0 radical (unpaired) electrons. The van der Waals surface area contributed by atoms with Crippen LogP contribution < -0.4 is 0 Å². The van der Waals surface area contributed by atoms with Gasteiger partial charge >= 0.3 is 0 Å². The number of carbonyl (C=O) groups excluding carboxylic acids is 1. The smallest absolute Gasteiger partial charge is 0.170 e. The van der Waals surface area contributed by atoms with Crippen molar-refractivity contribution in [2.75, 3.05) is 19.6 Å². The molecule has 20 heavy (non-hydrogen) atoms. The van der Waals surface area contributed by atoms with E-state index in [-0.39, 0.29) is 5.92 Å². The Labute approximate surface area is 118 Å². The van der Waals surface area contributed by atoms with Gasteiger partial charge in [0.25, 0.3) is 0 Å². The molecule has 3 nitrogen and oxygen atoms in total. The maximum atomic E-state index is 12.6. The van der Waals surface area contributed by atoms with Crippen LogP contribution in [-0.2, 0) is 11.2 Å². The zero-order valence-electron chi connectivity index (χ0n) is 11.6. The van der Waals surface area contributed by atoms with Crippen molar-refractivity contribution in [3.8, 4) is 0 Å². The molecule has 102 valence electrons. The van der Waals surface area contributed by atoms with Crippen LogP contribution in [0.25, 0.3) is 10.9 Å². The molecular formula is C17H18N2O. The van der Waals surface area contributed by atoms with E-state index >= 15 is 0 Å². The van der Waals surface area contributed by atoms with Gasteiger partial charge < -0.3 is 4.98 Å². The normalized spacial score (nSPS) is 27.6. The molecule has 1 aromatic carbocycles. The fourth-order valence-corrected chi connectivity index (χ4v) is 3.63. The monoisotopic (exact) mass is 266 g/mol. The molecule has 2 aromatic rings. The highest BCUT2D eigenvalue weighted by Crippen LogP contribution is 2.35. The molecule has 2 bridgehead atoms. The third-order valence-electron chi connectivity index (χ3n) is 4.69. The van der Waals surface area contributed by atoms with E-state index in [1.54, 1.807) is 0 Å². The molecular weight excluding hydrogens is 248 g/mol. The summed E-state index contributed by atoms with van der Waals surface area (Å²) in [6, 6.07) is 8.39. The Hall–Kier alpha value is -1.87. The molecule has 0 saturated carbocycles. The van der Waals surface area contributed by atoms with Crippen molar-refractivity contribution in [3.63, 3.8) is 0 Å². The van der Waals surface area contributed by atoms with Crippen LogP contribution in [0.1, 0.15) is 24.1 Å². The second-order valence-electron chi connectivity index (χ2n) is 5.78. The lowest BCUT2D eigenvalue weighted by Crippen LogP contribution is -2.40. The molecule has 1 aromatic heterocycles. The molecule has 0 aliphatic carbocycles. The van der Waals surface area contributed by atoms with Crippen LogP contribution in [0.5, 0.6) is 0 Å². The van der Waals surface area contributed by atoms with Crippen LogP contribution in [0, 0.1) is 0 Å². The number of hydrogen-bond donors (Lipinski definition) is 1. The van der Waals surface area contributed by atoms with Gasteiger partial charge in [-0.3, -0.25) is 9.69 Å². The summed E-state index contributed by atoms with van der Waals surface area (Å²) in [5, 5.41) is 1.28. The van der Waals surface area contributed by atoms with E-state index in [0.717, 1.165) is 42.8 Å². The molecule has 2 aliphatic heterocycles. The van der Waals surface area contributed by atoms with E-state index in [4.69, 9.17) is 0 Å². The number of Topliss-reactive ketones (excluding diaryl/α,β-unsaturated/α-hetero) is 1. The van der Waals surface area contributed by atoms with E-state index in [9.17, 15) is 4.79 Å². The van der Waals surface area contributed by atoms with E-state index in [1.165, 1.54) is 10.9 Å². The van der Waals surface area contributed by atoms with Crippen molar-refractivity contribution in [1.82, 2.24) is 9.88 Å². The number of allylic oxidation sites excluding steroid dienone is 1. The fourth-order valence-electron chi connectivity index (χ4n) is 3.63. The largest absolute Gasteiger partial charge is 0.358 e. The number of para-hydroxylation sites is 1. The molecule has 1 fully saturated rings. The van der Waals surface area contributed by atoms with E-state index < -0.39 is 0 Å². The maximum Gasteiger partial charge on any atom is 0.170 e. The molecule has 3 heteroatoms. The highest BCUT2D eigenvalue weighted by atomic mass is 16.1. The number of carbonyl (C=O) groups is 1. The van der Waals surface area contributed by atoms with Crippen molar-refractivity contribution in [3.05, 3.63) is 47.2 Å². The first-order valence-electron chi connectivity index (χ1n) is 7.29. The number of hydrogen-bond acceptors (Lipinski definition) is 2. The van der Waals surface area contributed by atoms with Gasteiger partial charge in [-0.1, -0.05) is 24.3 Å². The van der Waals surface area contributed by atoms with Crippen LogP contribution in [0.15, 0.2) is 35.9 Å². The standard InChI is InChI=1S/C17H18N2O/c1-2-11-9-19-8-7-13-12-5-3-4-6-15(12)18-16(13)14(10-19)17(11)20/h2-6,14,18H,7-10H2,1H3/b11-2+. The number of piperidine rings is 1. The third kappa shape index (κ3) is 1.59. The molecule has 0 spiro atoms. The summed E-state index contributed by atoms with van der Waals surface area (Å²) in [5.41, 5.74) is 4.62. The van der Waals surface area contributed by atoms with E-state index in [2.05, 4.69) is 28.1 Å². The van der Waals surface area contributed by atoms with Gasteiger partial charge in [0.05, 0.1) is 5.92 Å². The maximum absolute atomic E-state index is 12.6. The highest BCUT2D eigenvalue weighted by Gasteiger charge is 2.36. The van der Waals surface area contributed by atoms with Gasteiger partial charge in [-0.2, -0.15) is 0 Å². The highest BCUT2D eigenvalue weighted by molar-refractivity contribution is 6.02. The van der Waals surface area contributed by atoms with Crippen molar-refractivity contribution in [2.45, 2.75) is 19.3 Å². The predicted octanol–water partition coefficient (Wildman–Crippen LogP) is 2.64. The number of fused-ring (bicyclic) bond motifs is 6. The van der Waals surface area contributed by atoms with Crippen molar-refractivity contribution >= 4 is 16.7 Å². The topological polar surface area (TPSA) is 36.1 Å². The van der Waals surface area contributed by atoms with Crippen LogP contribution in [-0.4, -0.2) is 35.3 Å². The summed E-state index contributed by atoms with van der Waals surface area (Å²) < 4.78 is 0. The van der Waals surface area contributed by atoms with Crippen LogP contribution in [0.4, 0.5) is 0 Å². The number of rotatable bonds is 0. The lowest BCUT2D eigenvalue weighted by atomic mass is 9.89. The Kier molecular flexibility index (Phi) is 2.57. The van der Waals surface area contributed by atoms with Gasteiger partial charge in [-0.25, -0.2) is 0 Å². The summed E-state index contributed by atoms with van der Waals surface area (Å²) in [6.07, 6.45) is 3.01. The lowest BCUT2D eigenvalue weighted by molar-refractivity contribution is -0.118. The molecule has 0 amide bonds. The quantitative estimate of drug-likeness (QED) is 0.744. The first kappa shape index (κ1) is 11.9. The number of ketones is 1. The summed E-state index contributed by atoms with van der Waals surface area (Å²) in [4.78, 5) is 18.6. The molecule has 1 N–H and O–H groups in total. The molecule has 2 aliphatic rings. The molecule has 4 rings (SSSR count). The van der Waals surface area contributed by atoms with E-state index in [1.807, 2.05) is 19.1 Å². The first-order chi connectivity index (χ1) is 9.78. The predicted molar refractivity (Wildman–Crippen MR) is 79.9 cm³/mol. The van der Waals surface area contributed by atoms with Gasteiger partial charge in [0.15, 0.2) is 5.78 Å². The van der Waals surface area contributed by atoms with Crippen molar-refractivity contribution in [2.24, 2.45) is 0 Å². The average Bonchev–Trinajstić information content (AvgIpc) is 2.77. The molecule has 2 atom stereocenters. The summed E-state index contributed by atoms with van der Waals surface area (Å²) in [5.74, 6) is 0.290. The number of benzene rings is 1. The molecule has 3 heterocycles. The minimum Gasteiger partial charge on any atom is -0.358 e. The van der Waals surface area contributed by atoms with E-state index in [0.29, 0.717) is 5.78 Å². The Bertz CT molecular complexity index is 726. The number of H-pyrrole nitrogens is 1. The number of nitrogens with zero attached hydrogens (tertiary/aromatic N) is 1. The van der Waals surface area contributed by atoms with Gasteiger partial charge in [0, 0.05) is 41.8 Å². The average molecular weight is 266 g/mol. The Balaban J connectivity index is 1.92. The number of nitrogens with one attached hydrogen (secondary N) is 1. The Morgan fingerprint density at radius 3 is 3.05 bits per heavy atom. The Morgan fingerprint density at radius 2 is 2.20 bits per heavy atom. The fraction of sp³-hybridized carbons (Fsp3) is 0.353. The van der Waals surface area contributed by atoms with Gasteiger partial charge in [0.1, 0.15) is 0 Å². The van der Waals surface area contributed by atoms with Crippen LogP contribution >= 0.6 is 0 Å². The summed E-state index contributed by atoms with van der Waals surface area (Å²) in [7, 11) is 0.